The molecule has 1 N–H and O–H groups in total. The number of methoxy groups -OCH3 is 1. The van der Waals surface area contributed by atoms with Crippen LogP contribution in [0.5, 0.6) is 0 Å². The molecule has 178 valence electrons. The number of amides is 2. The van der Waals surface area contributed by atoms with E-state index in [0.717, 1.165) is 0 Å². The van der Waals surface area contributed by atoms with Crippen LogP contribution in [-0.4, -0.2) is 55.2 Å². The number of carbonyl (C=O) groups excluding carboxylic acids is 3. The smallest absolute Gasteiger partial charge is 0.407 e. The van der Waals surface area contributed by atoms with Crippen molar-refractivity contribution in [1.29, 1.82) is 0 Å². The number of benzene rings is 1. The second kappa shape index (κ2) is 16.2. The zero-order valence-corrected chi connectivity index (χ0v) is 20.9. The van der Waals surface area contributed by atoms with Gasteiger partial charge in [0.2, 0.25) is 6.41 Å². The lowest BCUT2D eigenvalue weighted by atomic mass is 10.1. The molecule has 7 heteroatoms. The van der Waals surface area contributed by atoms with E-state index in [-0.39, 0.29) is 12.5 Å². The molecule has 0 saturated carbocycles. The summed E-state index contributed by atoms with van der Waals surface area (Å²) in [7, 11) is 1.24. The molecular formula is C24H42N2O5. The lowest BCUT2D eigenvalue weighted by Crippen LogP contribution is -2.50. The molecule has 1 atom stereocenters. The summed E-state index contributed by atoms with van der Waals surface area (Å²) in [5, 5.41) is 2.48. The molecular weight excluding hydrogens is 396 g/mol. The first kappa shape index (κ1) is 30.6. The van der Waals surface area contributed by atoms with Crippen molar-refractivity contribution in [3.05, 3.63) is 35.4 Å². The summed E-state index contributed by atoms with van der Waals surface area (Å²) in [6.45, 7) is 17.6. The van der Waals surface area contributed by atoms with E-state index in [9.17, 15) is 14.4 Å². The van der Waals surface area contributed by atoms with Crippen LogP contribution >= 0.6 is 0 Å². The van der Waals surface area contributed by atoms with Crippen LogP contribution < -0.4 is 5.32 Å². The highest BCUT2D eigenvalue weighted by Crippen LogP contribution is 2.08. The van der Waals surface area contributed by atoms with Gasteiger partial charge < -0.3 is 19.7 Å². The molecule has 1 unspecified atom stereocenters. The molecule has 0 aliphatic carbocycles. The normalized spacial score (nSPS) is 11.1. The van der Waals surface area contributed by atoms with Crippen molar-refractivity contribution in [2.45, 2.75) is 74.0 Å². The number of alkyl carbamates (subject to hydrolysis) is 1. The predicted octanol–water partition coefficient (Wildman–Crippen LogP) is 4.50. The van der Waals surface area contributed by atoms with Crippen molar-refractivity contribution in [3.8, 4) is 0 Å². The molecule has 1 aromatic carbocycles. The molecule has 31 heavy (non-hydrogen) atoms. The summed E-state index contributed by atoms with van der Waals surface area (Å²) >= 11 is 0. The Morgan fingerprint density at radius 3 is 1.84 bits per heavy atom. The lowest BCUT2D eigenvalue weighted by molar-refractivity contribution is -0.149. The van der Waals surface area contributed by atoms with E-state index in [0.29, 0.717) is 13.0 Å². The largest absolute Gasteiger partial charge is 0.467 e. The zero-order chi connectivity index (χ0) is 24.6. The molecule has 1 rings (SSSR count). The van der Waals surface area contributed by atoms with Crippen LogP contribution in [-0.2, 0) is 19.1 Å². The van der Waals surface area contributed by atoms with Gasteiger partial charge in [0.15, 0.2) is 0 Å². The Hall–Kier alpha value is -2.57. The molecule has 7 nitrogen and oxygen atoms in total. The fraction of sp³-hybridized carbons (Fsp3) is 0.625. The van der Waals surface area contributed by atoms with Crippen LogP contribution in [0.15, 0.2) is 24.3 Å². The van der Waals surface area contributed by atoms with Crippen molar-refractivity contribution >= 4 is 18.5 Å². The number of hydrogen-bond acceptors (Lipinski definition) is 5. The van der Waals surface area contributed by atoms with Gasteiger partial charge in [0, 0.05) is 6.54 Å². The molecule has 0 fully saturated rings. The summed E-state index contributed by atoms with van der Waals surface area (Å²) in [6.07, 6.45) is -0.0648. The maximum atomic E-state index is 11.8. The first-order chi connectivity index (χ1) is 14.4. The maximum Gasteiger partial charge on any atom is 0.407 e. The molecule has 0 spiro atoms. The molecule has 0 heterocycles. The molecule has 0 bridgehead atoms. The second-order valence-corrected chi connectivity index (χ2v) is 8.27. The van der Waals surface area contributed by atoms with Crippen molar-refractivity contribution in [3.63, 3.8) is 0 Å². The highest BCUT2D eigenvalue weighted by atomic mass is 16.6. The number of hydrogen-bond donors (Lipinski definition) is 1. The van der Waals surface area contributed by atoms with Crippen LogP contribution in [0.25, 0.3) is 0 Å². The van der Waals surface area contributed by atoms with E-state index in [4.69, 9.17) is 4.74 Å². The Bertz CT molecular complexity index is 615. The van der Waals surface area contributed by atoms with Gasteiger partial charge in [-0.3, -0.25) is 4.79 Å². The van der Waals surface area contributed by atoms with E-state index in [1.54, 1.807) is 20.8 Å². The standard InChI is InChI=1S/C14H26N2O5.C8H10.C2H6/c1-10(2)8-16(9-17)11(12(18)20-6)7-15-13(19)21-14(3,4)5;1-7-3-5-8(2)6-4-7;1-2/h9-11H,7-8H2,1-6H3,(H,15,19);3-6H,1-2H3;1-2H3. The Kier molecular flexibility index (Phi) is 16.0. The van der Waals surface area contributed by atoms with Crippen molar-refractivity contribution < 1.29 is 23.9 Å². The number of aryl methyl sites for hydroxylation is 2. The van der Waals surface area contributed by atoms with Crippen LogP contribution in [0, 0.1) is 19.8 Å². The third-order valence-electron chi connectivity index (χ3n) is 3.64. The second-order valence-electron chi connectivity index (χ2n) is 8.27. The first-order valence-corrected chi connectivity index (χ1v) is 10.7. The number of ether oxygens (including phenoxy) is 2. The molecule has 0 radical (unpaired) electrons. The van der Waals surface area contributed by atoms with Crippen LogP contribution in [0.4, 0.5) is 4.79 Å². The van der Waals surface area contributed by atoms with Gasteiger partial charge in [-0.15, -0.1) is 0 Å². The topological polar surface area (TPSA) is 84.9 Å². The highest BCUT2D eigenvalue weighted by molar-refractivity contribution is 5.79. The minimum absolute atomic E-state index is 0.0625. The van der Waals surface area contributed by atoms with Crippen LogP contribution in [0.3, 0.4) is 0 Å². The van der Waals surface area contributed by atoms with Crippen molar-refractivity contribution in [2.75, 3.05) is 20.2 Å². The number of rotatable bonds is 7. The number of nitrogens with one attached hydrogen (secondary N) is 1. The van der Waals surface area contributed by atoms with E-state index < -0.39 is 23.7 Å². The lowest BCUT2D eigenvalue weighted by Gasteiger charge is -2.28. The maximum absolute atomic E-state index is 11.8. The van der Waals surface area contributed by atoms with Crippen LogP contribution in [0.2, 0.25) is 0 Å². The predicted molar refractivity (Wildman–Crippen MR) is 125 cm³/mol. The summed E-state index contributed by atoms with van der Waals surface area (Å²) in [5.41, 5.74) is 2.03. The van der Waals surface area contributed by atoms with Gasteiger partial charge in [0.05, 0.1) is 13.7 Å². The van der Waals surface area contributed by atoms with E-state index >= 15 is 0 Å². The van der Waals surface area contributed by atoms with Crippen molar-refractivity contribution in [2.24, 2.45) is 5.92 Å². The highest BCUT2D eigenvalue weighted by Gasteiger charge is 2.27. The van der Waals surface area contributed by atoms with E-state index in [1.165, 1.54) is 23.1 Å². The summed E-state index contributed by atoms with van der Waals surface area (Å²) in [6, 6.07) is 7.61. The Labute approximate surface area is 188 Å². The fourth-order valence-electron chi connectivity index (χ4n) is 2.27. The third kappa shape index (κ3) is 15.9. The molecule has 2 amide bonds. The third-order valence-corrected chi connectivity index (χ3v) is 3.64. The minimum atomic E-state index is -0.873. The van der Waals surface area contributed by atoms with Gasteiger partial charge in [-0.25, -0.2) is 9.59 Å². The number of nitrogens with zero attached hydrogens (tertiary/aromatic N) is 1. The van der Waals surface area contributed by atoms with Gasteiger partial charge in [-0.1, -0.05) is 63.1 Å². The summed E-state index contributed by atoms with van der Waals surface area (Å²) in [5.74, 6) is -0.400. The molecule has 0 aliphatic heterocycles. The quantitative estimate of drug-likeness (QED) is 0.500. The zero-order valence-electron chi connectivity index (χ0n) is 20.9. The Morgan fingerprint density at radius 2 is 1.52 bits per heavy atom. The van der Waals surface area contributed by atoms with Gasteiger partial charge in [0.1, 0.15) is 11.6 Å². The van der Waals surface area contributed by atoms with Gasteiger partial charge in [-0.05, 0) is 40.5 Å². The minimum Gasteiger partial charge on any atom is -0.467 e. The first-order valence-electron chi connectivity index (χ1n) is 10.7. The summed E-state index contributed by atoms with van der Waals surface area (Å²) in [4.78, 5) is 35.9. The van der Waals surface area contributed by atoms with E-state index in [2.05, 4.69) is 48.2 Å². The fourth-order valence-corrected chi connectivity index (χ4v) is 2.27. The van der Waals surface area contributed by atoms with Gasteiger partial charge in [0.25, 0.3) is 0 Å². The van der Waals surface area contributed by atoms with Crippen LogP contribution in [0.1, 0.15) is 59.6 Å². The molecule has 1 aromatic rings. The average Bonchev–Trinajstić information content (AvgIpc) is 2.69. The number of esters is 1. The monoisotopic (exact) mass is 438 g/mol. The molecule has 0 saturated heterocycles. The molecule has 0 aliphatic rings. The van der Waals surface area contributed by atoms with E-state index in [1.807, 2.05) is 27.7 Å². The van der Waals surface area contributed by atoms with Crippen molar-refractivity contribution in [1.82, 2.24) is 10.2 Å². The Morgan fingerprint density at radius 1 is 1.06 bits per heavy atom. The van der Waals surface area contributed by atoms with Gasteiger partial charge >= 0.3 is 12.1 Å². The average molecular weight is 439 g/mol. The summed E-state index contributed by atoms with van der Waals surface area (Å²) < 4.78 is 9.77. The van der Waals surface area contributed by atoms with Gasteiger partial charge in [-0.2, -0.15) is 0 Å². The number of carbonyl (C=O) groups is 3. The SMILES string of the molecule is CC.COC(=O)C(CNC(=O)OC(C)(C)C)N(C=O)CC(C)C.Cc1ccc(C)cc1. The molecule has 0 aromatic heterocycles. The Balaban J connectivity index is 0.